The summed E-state index contributed by atoms with van der Waals surface area (Å²) in [4.78, 5) is 16.3. The van der Waals surface area contributed by atoms with Crippen LogP contribution < -0.4 is 11.1 Å². The van der Waals surface area contributed by atoms with Gasteiger partial charge in [0, 0.05) is 10.9 Å². The lowest BCUT2D eigenvalue weighted by Crippen LogP contribution is -2.03. The van der Waals surface area contributed by atoms with Crippen molar-refractivity contribution in [2.24, 2.45) is 0 Å². The summed E-state index contributed by atoms with van der Waals surface area (Å²) in [6.07, 6.45) is 1.29. The van der Waals surface area contributed by atoms with E-state index in [1.807, 2.05) is 24.3 Å². The minimum absolute atomic E-state index is 0.0766. The number of aromatic nitrogens is 4. The molecule has 2 aromatic carbocycles. The molecule has 0 aliphatic rings. The summed E-state index contributed by atoms with van der Waals surface area (Å²) in [7, 11) is 0. The molecule has 0 fully saturated rings. The standard InChI is InChI=1S/C19H14F2N6/c20-9-11-5-6-14(21)13(7-11)17-8-16(12-3-1-2-4-15(12)25-17)26-19-24-10-23-18(22)27-19/h1-8,10H,9H2,(H3,22,23,24,25,26,27). The van der Waals surface area contributed by atoms with Gasteiger partial charge in [-0.15, -0.1) is 0 Å². The second-order valence-electron chi connectivity index (χ2n) is 5.81. The molecule has 3 N–H and O–H groups in total. The fraction of sp³-hybridized carbons (Fsp3) is 0.0526. The molecule has 0 saturated heterocycles. The number of nitrogens with two attached hydrogens (primary N) is 1. The number of para-hydroxylation sites is 1. The summed E-state index contributed by atoms with van der Waals surface area (Å²) in [5.74, 6) is -0.152. The first-order valence-corrected chi connectivity index (χ1v) is 8.10. The highest BCUT2D eigenvalue weighted by atomic mass is 19.1. The van der Waals surface area contributed by atoms with Gasteiger partial charge >= 0.3 is 0 Å². The van der Waals surface area contributed by atoms with Crippen LogP contribution in [0.2, 0.25) is 0 Å². The Hall–Kier alpha value is -3.68. The third kappa shape index (κ3) is 3.37. The van der Waals surface area contributed by atoms with E-state index in [0.717, 1.165) is 5.39 Å². The van der Waals surface area contributed by atoms with Crippen LogP contribution in [0.25, 0.3) is 22.2 Å². The van der Waals surface area contributed by atoms with E-state index in [1.165, 1.54) is 24.5 Å². The van der Waals surface area contributed by atoms with E-state index in [0.29, 0.717) is 22.5 Å². The van der Waals surface area contributed by atoms with Crippen molar-refractivity contribution in [3.8, 4) is 11.3 Å². The monoisotopic (exact) mass is 364 g/mol. The van der Waals surface area contributed by atoms with Crippen LogP contribution in [0.5, 0.6) is 0 Å². The van der Waals surface area contributed by atoms with Crippen molar-refractivity contribution in [1.29, 1.82) is 0 Å². The number of alkyl halides is 1. The Kier molecular flexibility index (Phi) is 4.29. The molecule has 0 bridgehead atoms. The number of hydrogen-bond donors (Lipinski definition) is 2. The van der Waals surface area contributed by atoms with Crippen molar-refractivity contribution in [2.45, 2.75) is 6.67 Å². The molecule has 2 aromatic heterocycles. The van der Waals surface area contributed by atoms with E-state index >= 15 is 0 Å². The number of benzene rings is 2. The van der Waals surface area contributed by atoms with E-state index in [1.54, 1.807) is 6.07 Å². The number of nitrogens with zero attached hydrogens (tertiary/aromatic N) is 4. The molecular formula is C19H14F2N6. The quantitative estimate of drug-likeness (QED) is 0.568. The number of pyridine rings is 1. The Labute approximate surface area is 153 Å². The first-order valence-electron chi connectivity index (χ1n) is 8.10. The predicted molar refractivity (Wildman–Crippen MR) is 99.5 cm³/mol. The largest absolute Gasteiger partial charge is 0.368 e. The van der Waals surface area contributed by atoms with Gasteiger partial charge in [-0.1, -0.05) is 24.3 Å². The second kappa shape index (κ2) is 6.91. The highest BCUT2D eigenvalue weighted by Gasteiger charge is 2.13. The Morgan fingerprint density at radius 3 is 2.67 bits per heavy atom. The molecule has 0 spiro atoms. The Bertz CT molecular complexity index is 1130. The molecule has 0 radical (unpaired) electrons. The van der Waals surface area contributed by atoms with Gasteiger partial charge in [-0.3, -0.25) is 0 Å². The molecule has 6 nitrogen and oxygen atoms in total. The molecule has 0 atom stereocenters. The number of fused-ring (bicyclic) bond motifs is 1. The van der Waals surface area contributed by atoms with Gasteiger partial charge in [0.1, 0.15) is 18.8 Å². The number of hydrogen-bond acceptors (Lipinski definition) is 6. The average molecular weight is 364 g/mol. The zero-order valence-electron chi connectivity index (χ0n) is 14.0. The number of nitrogen functional groups attached to an aromatic ring is 1. The van der Waals surface area contributed by atoms with Gasteiger partial charge in [-0.05, 0) is 29.8 Å². The summed E-state index contributed by atoms with van der Waals surface area (Å²) in [6, 6.07) is 13.1. The zero-order chi connectivity index (χ0) is 18.8. The fourth-order valence-electron chi connectivity index (χ4n) is 2.76. The topological polar surface area (TPSA) is 89.6 Å². The van der Waals surface area contributed by atoms with Gasteiger partial charge in [-0.2, -0.15) is 4.98 Å². The van der Waals surface area contributed by atoms with Crippen molar-refractivity contribution in [3.63, 3.8) is 0 Å². The van der Waals surface area contributed by atoms with Crippen LogP contribution in [0.15, 0.2) is 54.9 Å². The summed E-state index contributed by atoms with van der Waals surface area (Å²) in [6.45, 7) is -0.684. The third-order valence-corrected chi connectivity index (χ3v) is 4.01. The minimum Gasteiger partial charge on any atom is -0.368 e. The van der Waals surface area contributed by atoms with Crippen LogP contribution in [0.1, 0.15) is 5.56 Å². The van der Waals surface area contributed by atoms with Crippen molar-refractivity contribution in [2.75, 3.05) is 11.1 Å². The van der Waals surface area contributed by atoms with Crippen LogP contribution in [-0.4, -0.2) is 19.9 Å². The van der Waals surface area contributed by atoms with Crippen LogP contribution in [-0.2, 0) is 6.67 Å². The molecular weight excluding hydrogens is 350 g/mol. The van der Waals surface area contributed by atoms with Crippen molar-refractivity contribution in [3.05, 3.63) is 66.2 Å². The molecule has 0 aliphatic heterocycles. The first-order chi connectivity index (χ1) is 13.1. The SMILES string of the molecule is Nc1ncnc(Nc2cc(-c3cc(CF)ccc3F)nc3ccccc23)n1. The van der Waals surface area contributed by atoms with E-state index in [-0.39, 0.29) is 17.5 Å². The summed E-state index contributed by atoms with van der Waals surface area (Å²) in [5, 5.41) is 3.86. The number of rotatable bonds is 4. The van der Waals surface area contributed by atoms with E-state index < -0.39 is 12.5 Å². The van der Waals surface area contributed by atoms with Gasteiger partial charge in [0.2, 0.25) is 11.9 Å². The highest BCUT2D eigenvalue weighted by molar-refractivity contribution is 5.95. The third-order valence-electron chi connectivity index (χ3n) is 4.01. The van der Waals surface area contributed by atoms with E-state index in [4.69, 9.17) is 5.73 Å². The van der Waals surface area contributed by atoms with Crippen LogP contribution >= 0.6 is 0 Å². The lowest BCUT2D eigenvalue weighted by atomic mass is 10.0. The Morgan fingerprint density at radius 1 is 1.00 bits per heavy atom. The van der Waals surface area contributed by atoms with Crippen LogP contribution in [0, 0.1) is 5.82 Å². The van der Waals surface area contributed by atoms with E-state index in [2.05, 4.69) is 25.3 Å². The van der Waals surface area contributed by atoms with Gasteiger partial charge in [0.25, 0.3) is 0 Å². The van der Waals surface area contributed by atoms with Crippen molar-refractivity contribution in [1.82, 2.24) is 19.9 Å². The van der Waals surface area contributed by atoms with Gasteiger partial charge in [-0.25, -0.2) is 23.7 Å². The molecule has 4 rings (SSSR count). The first kappa shape index (κ1) is 16.8. The molecule has 0 aliphatic carbocycles. The molecule has 0 saturated carbocycles. The van der Waals surface area contributed by atoms with Gasteiger partial charge < -0.3 is 11.1 Å². The molecule has 8 heteroatoms. The second-order valence-corrected chi connectivity index (χ2v) is 5.81. The number of nitrogens with one attached hydrogen (secondary N) is 1. The normalized spacial score (nSPS) is 10.9. The van der Waals surface area contributed by atoms with E-state index in [9.17, 15) is 8.78 Å². The molecule has 2 heterocycles. The number of halogens is 2. The minimum atomic E-state index is -0.684. The van der Waals surface area contributed by atoms with Crippen molar-refractivity contribution < 1.29 is 8.78 Å². The maximum atomic E-state index is 14.4. The van der Waals surface area contributed by atoms with Gasteiger partial charge in [0.15, 0.2) is 0 Å². The molecule has 4 aromatic rings. The predicted octanol–water partition coefficient (Wildman–Crippen LogP) is 4.02. The summed E-state index contributed by atoms with van der Waals surface area (Å²) in [5.41, 5.74) is 7.82. The fourth-order valence-corrected chi connectivity index (χ4v) is 2.76. The lowest BCUT2D eigenvalue weighted by Gasteiger charge is -2.12. The maximum absolute atomic E-state index is 14.4. The van der Waals surface area contributed by atoms with Crippen LogP contribution in [0.3, 0.4) is 0 Å². The summed E-state index contributed by atoms with van der Waals surface area (Å²) < 4.78 is 27.4. The van der Waals surface area contributed by atoms with Crippen molar-refractivity contribution >= 4 is 28.5 Å². The average Bonchev–Trinajstić information content (AvgIpc) is 2.68. The summed E-state index contributed by atoms with van der Waals surface area (Å²) >= 11 is 0. The zero-order valence-corrected chi connectivity index (χ0v) is 14.0. The molecule has 134 valence electrons. The Balaban J connectivity index is 1.88. The molecule has 27 heavy (non-hydrogen) atoms. The van der Waals surface area contributed by atoms with Crippen LogP contribution in [0.4, 0.5) is 26.4 Å². The Morgan fingerprint density at radius 2 is 1.85 bits per heavy atom. The maximum Gasteiger partial charge on any atom is 0.232 e. The smallest absolute Gasteiger partial charge is 0.232 e. The number of anilines is 3. The van der Waals surface area contributed by atoms with Gasteiger partial charge in [0.05, 0.1) is 16.9 Å². The lowest BCUT2D eigenvalue weighted by molar-refractivity contribution is 0.484. The molecule has 0 amide bonds. The molecule has 0 unspecified atom stereocenters. The highest BCUT2D eigenvalue weighted by Crippen LogP contribution is 2.31.